The first kappa shape index (κ1) is 5.59. The summed E-state index contributed by atoms with van der Waals surface area (Å²) >= 11 is 1.70. The van der Waals surface area contributed by atoms with Crippen molar-refractivity contribution in [1.82, 2.24) is 0 Å². The number of thioether (sulfide) groups is 1. The van der Waals surface area contributed by atoms with Gasteiger partial charge < -0.3 is 5.73 Å². The van der Waals surface area contributed by atoms with Gasteiger partial charge in [-0.05, 0) is 18.8 Å². The van der Waals surface area contributed by atoms with Crippen LogP contribution in [0.1, 0.15) is 12.8 Å². The molecule has 2 rings (SSSR count). The molecule has 1 fully saturated rings. The molecule has 0 aromatic carbocycles. The molecule has 3 heteroatoms. The number of hydrogen-bond donors (Lipinski definition) is 1. The molecule has 0 spiro atoms. The Morgan fingerprint density at radius 2 is 2.56 bits per heavy atom. The molecule has 0 saturated heterocycles. The molecule has 2 aliphatic rings. The van der Waals surface area contributed by atoms with Crippen LogP contribution in [-0.2, 0) is 0 Å². The van der Waals surface area contributed by atoms with E-state index in [-0.39, 0.29) is 0 Å². The summed E-state index contributed by atoms with van der Waals surface area (Å²) in [5.41, 5.74) is 5.56. The molecule has 1 aliphatic heterocycles. The van der Waals surface area contributed by atoms with E-state index >= 15 is 0 Å². The zero-order chi connectivity index (χ0) is 6.27. The molecule has 0 aromatic heterocycles. The molecule has 2 nitrogen and oxygen atoms in total. The predicted molar refractivity (Wildman–Crippen MR) is 40.6 cm³/mol. The van der Waals surface area contributed by atoms with Crippen molar-refractivity contribution in [2.24, 2.45) is 16.6 Å². The van der Waals surface area contributed by atoms with E-state index in [4.69, 9.17) is 5.73 Å². The second kappa shape index (κ2) is 1.90. The number of aliphatic imine (C=N–C) groups is 1. The van der Waals surface area contributed by atoms with Gasteiger partial charge in [-0.1, -0.05) is 11.8 Å². The minimum Gasteiger partial charge on any atom is -0.379 e. The fraction of sp³-hybridized carbons (Fsp3) is 0.833. The molecule has 9 heavy (non-hydrogen) atoms. The van der Waals surface area contributed by atoms with Gasteiger partial charge in [-0.2, -0.15) is 0 Å². The van der Waals surface area contributed by atoms with Crippen molar-refractivity contribution in [1.29, 1.82) is 0 Å². The maximum absolute atomic E-state index is 5.56. The van der Waals surface area contributed by atoms with Crippen molar-refractivity contribution in [3.8, 4) is 0 Å². The molecule has 2 unspecified atom stereocenters. The molecule has 0 radical (unpaired) electrons. The third kappa shape index (κ3) is 1.06. The summed E-state index contributed by atoms with van der Waals surface area (Å²) in [6.07, 6.45) is 2.61. The summed E-state index contributed by atoms with van der Waals surface area (Å²) < 4.78 is 0. The summed E-state index contributed by atoms with van der Waals surface area (Å²) in [6, 6.07) is 0.611. The molecule has 0 amide bonds. The SMILES string of the molecule is NC1=NC2CC2CCS1. The smallest absolute Gasteiger partial charge is 0.154 e. The van der Waals surface area contributed by atoms with Gasteiger partial charge in [0.15, 0.2) is 5.17 Å². The third-order valence-electron chi connectivity index (χ3n) is 1.92. The predicted octanol–water partition coefficient (Wildman–Crippen LogP) is 0.826. The summed E-state index contributed by atoms with van der Waals surface area (Å²) in [5.74, 6) is 2.06. The summed E-state index contributed by atoms with van der Waals surface area (Å²) in [5, 5.41) is 0.806. The zero-order valence-electron chi connectivity index (χ0n) is 5.21. The van der Waals surface area contributed by atoms with Crippen LogP contribution >= 0.6 is 11.8 Å². The first-order chi connectivity index (χ1) is 4.36. The lowest BCUT2D eigenvalue weighted by molar-refractivity contribution is 0.773. The quantitative estimate of drug-likeness (QED) is 0.544. The Balaban J connectivity index is 2.08. The van der Waals surface area contributed by atoms with Gasteiger partial charge in [-0.15, -0.1) is 0 Å². The van der Waals surface area contributed by atoms with Crippen LogP contribution in [0.25, 0.3) is 0 Å². The van der Waals surface area contributed by atoms with Crippen LogP contribution in [0.4, 0.5) is 0 Å². The Morgan fingerprint density at radius 1 is 1.67 bits per heavy atom. The van der Waals surface area contributed by atoms with Gasteiger partial charge in [0.1, 0.15) is 0 Å². The molecule has 1 heterocycles. The lowest BCUT2D eigenvalue weighted by Crippen LogP contribution is -2.06. The second-order valence-corrected chi connectivity index (χ2v) is 3.78. The number of fused-ring (bicyclic) bond motifs is 1. The molecule has 1 saturated carbocycles. The van der Waals surface area contributed by atoms with Crippen LogP contribution in [0.15, 0.2) is 4.99 Å². The second-order valence-electron chi connectivity index (χ2n) is 2.67. The highest BCUT2D eigenvalue weighted by Gasteiger charge is 2.37. The number of rotatable bonds is 0. The van der Waals surface area contributed by atoms with Crippen molar-refractivity contribution in [2.75, 3.05) is 5.75 Å². The van der Waals surface area contributed by atoms with Crippen LogP contribution in [0, 0.1) is 5.92 Å². The van der Waals surface area contributed by atoms with E-state index in [0.29, 0.717) is 6.04 Å². The summed E-state index contributed by atoms with van der Waals surface area (Å²) in [6.45, 7) is 0. The van der Waals surface area contributed by atoms with Crippen LogP contribution in [0.2, 0.25) is 0 Å². The van der Waals surface area contributed by atoms with Crippen molar-refractivity contribution < 1.29 is 0 Å². The minimum absolute atomic E-state index is 0.611. The highest BCUT2D eigenvalue weighted by molar-refractivity contribution is 8.13. The van der Waals surface area contributed by atoms with Crippen LogP contribution in [0.3, 0.4) is 0 Å². The average molecular weight is 142 g/mol. The molecule has 0 bridgehead atoms. The fourth-order valence-electron chi connectivity index (χ4n) is 1.22. The van der Waals surface area contributed by atoms with Gasteiger partial charge in [-0.3, -0.25) is 4.99 Å². The Labute approximate surface area is 58.9 Å². The van der Waals surface area contributed by atoms with Gasteiger partial charge in [0.25, 0.3) is 0 Å². The van der Waals surface area contributed by atoms with Gasteiger partial charge in [0, 0.05) is 5.75 Å². The van der Waals surface area contributed by atoms with Crippen LogP contribution in [-0.4, -0.2) is 17.0 Å². The highest BCUT2D eigenvalue weighted by Crippen LogP contribution is 2.39. The minimum atomic E-state index is 0.611. The molecule has 2 N–H and O–H groups in total. The van der Waals surface area contributed by atoms with E-state index in [1.807, 2.05) is 0 Å². The van der Waals surface area contributed by atoms with Crippen LogP contribution < -0.4 is 5.73 Å². The standard InChI is InChI=1S/C6H10N2S/c7-6-8-5-3-4(5)1-2-9-6/h4-5H,1-3H2,(H2,7,8). The van der Waals surface area contributed by atoms with Gasteiger partial charge >= 0.3 is 0 Å². The van der Waals surface area contributed by atoms with Crippen molar-refractivity contribution in [3.05, 3.63) is 0 Å². The Bertz CT molecular complexity index is 155. The topological polar surface area (TPSA) is 38.4 Å². The monoisotopic (exact) mass is 142 g/mol. The Hall–Kier alpha value is -0.180. The van der Waals surface area contributed by atoms with Crippen molar-refractivity contribution in [3.63, 3.8) is 0 Å². The maximum atomic E-state index is 5.56. The summed E-state index contributed by atoms with van der Waals surface area (Å²) in [7, 11) is 0. The normalized spacial score (nSPS) is 40.7. The lowest BCUT2D eigenvalue weighted by atomic mass is 10.3. The van der Waals surface area contributed by atoms with Crippen molar-refractivity contribution >= 4 is 16.9 Å². The van der Waals surface area contributed by atoms with E-state index in [0.717, 1.165) is 11.1 Å². The third-order valence-corrected chi connectivity index (χ3v) is 2.76. The van der Waals surface area contributed by atoms with E-state index in [2.05, 4.69) is 4.99 Å². The summed E-state index contributed by atoms with van der Waals surface area (Å²) in [4.78, 5) is 4.31. The van der Waals surface area contributed by atoms with E-state index in [9.17, 15) is 0 Å². The highest BCUT2D eigenvalue weighted by atomic mass is 32.2. The fourth-order valence-corrected chi connectivity index (χ4v) is 2.06. The molecular formula is C6H10N2S. The molecule has 0 aromatic rings. The van der Waals surface area contributed by atoms with Gasteiger partial charge in [-0.25, -0.2) is 0 Å². The van der Waals surface area contributed by atoms with Crippen molar-refractivity contribution in [2.45, 2.75) is 18.9 Å². The van der Waals surface area contributed by atoms with Crippen LogP contribution in [0.5, 0.6) is 0 Å². The number of nitrogens with two attached hydrogens (primary N) is 1. The maximum Gasteiger partial charge on any atom is 0.154 e. The largest absolute Gasteiger partial charge is 0.379 e. The molecular weight excluding hydrogens is 132 g/mol. The Morgan fingerprint density at radius 3 is 3.44 bits per heavy atom. The number of amidine groups is 1. The molecule has 2 atom stereocenters. The zero-order valence-corrected chi connectivity index (χ0v) is 6.03. The lowest BCUT2D eigenvalue weighted by Gasteiger charge is -1.93. The number of hydrogen-bond acceptors (Lipinski definition) is 3. The van der Waals surface area contributed by atoms with Gasteiger partial charge in [0.2, 0.25) is 0 Å². The first-order valence-corrected chi connectivity index (χ1v) is 4.31. The average Bonchev–Trinajstić information content (AvgIpc) is 2.43. The van der Waals surface area contributed by atoms with E-state index in [1.165, 1.54) is 18.6 Å². The molecule has 1 aliphatic carbocycles. The number of nitrogens with zero attached hydrogens (tertiary/aromatic N) is 1. The van der Waals surface area contributed by atoms with E-state index < -0.39 is 0 Å². The van der Waals surface area contributed by atoms with Gasteiger partial charge in [0.05, 0.1) is 6.04 Å². The molecule has 50 valence electrons. The Kier molecular flexibility index (Phi) is 1.18. The first-order valence-electron chi connectivity index (χ1n) is 3.32. The van der Waals surface area contributed by atoms with E-state index in [1.54, 1.807) is 11.8 Å².